The molecule has 0 aliphatic carbocycles. The van der Waals surface area contributed by atoms with E-state index >= 15 is 0 Å². The lowest BCUT2D eigenvalue weighted by atomic mass is 10.1. The number of carbonyl (C=O) groups excluding carboxylic acids is 1. The predicted molar refractivity (Wildman–Crippen MR) is 102 cm³/mol. The Morgan fingerprint density at radius 3 is 2.37 bits per heavy atom. The predicted octanol–water partition coefficient (Wildman–Crippen LogP) is 4.07. The van der Waals surface area contributed by atoms with Crippen molar-refractivity contribution in [1.82, 2.24) is 4.57 Å². The van der Waals surface area contributed by atoms with Crippen LogP contribution in [0.15, 0.2) is 42.5 Å². The van der Waals surface area contributed by atoms with E-state index < -0.39 is 5.97 Å². The van der Waals surface area contributed by atoms with E-state index in [1.807, 2.05) is 0 Å². The number of nitrogens with zero attached hydrogens (tertiary/aromatic N) is 2. The average Bonchev–Trinajstić information content (AvgIpc) is 2.94. The molecule has 3 aromatic rings. The summed E-state index contributed by atoms with van der Waals surface area (Å²) >= 11 is 5.89. The van der Waals surface area contributed by atoms with Crippen LogP contribution in [0.1, 0.15) is 21.6 Å². The zero-order valence-corrected chi connectivity index (χ0v) is 15.5. The monoisotopic (exact) mass is 384 g/mol. The first kappa shape index (κ1) is 20.0. The molecule has 0 spiro atoms. The fourth-order valence-electron chi connectivity index (χ4n) is 2.95. The number of halogens is 1. The largest absolute Gasteiger partial charge is 0.497 e. The quantitative estimate of drug-likeness (QED) is 0.732. The highest BCUT2D eigenvalue weighted by Crippen LogP contribution is 2.30. The maximum absolute atomic E-state index is 13.0. The van der Waals surface area contributed by atoms with Crippen LogP contribution >= 0.6 is 11.6 Å². The smallest absolute Gasteiger partial charge is 0.307 e. The highest BCUT2D eigenvalue weighted by molar-refractivity contribution is 6.30. The highest BCUT2D eigenvalue weighted by atomic mass is 35.5. The molecule has 0 fully saturated rings. The van der Waals surface area contributed by atoms with Gasteiger partial charge in [-0.15, -0.1) is 0 Å². The number of hydrogen-bond donors (Lipinski definition) is 1. The van der Waals surface area contributed by atoms with Gasteiger partial charge < -0.3 is 9.84 Å². The summed E-state index contributed by atoms with van der Waals surface area (Å²) in [5.41, 5.74) is 2.32. The summed E-state index contributed by atoms with van der Waals surface area (Å²) in [7, 11) is 1.54. The van der Waals surface area contributed by atoms with Gasteiger partial charge in [-0.05, 0) is 55.0 Å². The van der Waals surface area contributed by atoms with Crippen molar-refractivity contribution in [3.63, 3.8) is 0 Å². The second-order valence-corrected chi connectivity index (χ2v) is 6.10. The number of fused-ring (bicyclic) bond motifs is 1. The zero-order chi connectivity index (χ0) is 20.1. The third kappa shape index (κ3) is 3.94. The highest BCUT2D eigenvalue weighted by Gasteiger charge is 2.21. The van der Waals surface area contributed by atoms with Crippen LogP contribution in [0, 0.1) is 18.8 Å². The van der Waals surface area contributed by atoms with E-state index in [0.717, 1.165) is 0 Å². The second kappa shape index (κ2) is 8.39. The Hall–Kier alpha value is -3.30. The van der Waals surface area contributed by atoms with Gasteiger partial charge in [0.05, 0.1) is 19.0 Å². The molecule has 138 valence electrons. The van der Waals surface area contributed by atoms with Crippen molar-refractivity contribution in [2.45, 2.75) is 13.3 Å². The van der Waals surface area contributed by atoms with Crippen molar-refractivity contribution in [2.24, 2.45) is 0 Å². The van der Waals surface area contributed by atoms with Gasteiger partial charge in [0.15, 0.2) is 0 Å². The van der Waals surface area contributed by atoms with E-state index in [4.69, 9.17) is 21.6 Å². The number of rotatable bonds is 4. The number of carboxylic acids is 1. The SMILES string of the molecule is C#N.COc1ccc2c(c1)c(CC(=O)O)c(C)n2C(=O)c1ccc(Cl)cc1. The zero-order valence-electron chi connectivity index (χ0n) is 14.8. The molecule has 0 unspecified atom stereocenters. The van der Waals surface area contributed by atoms with E-state index in [1.54, 1.807) is 56.5 Å². The van der Waals surface area contributed by atoms with Gasteiger partial charge in [-0.2, -0.15) is 0 Å². The number of benzene rings is 2. The van der Waals surface area contributed by atoms with Gasteiger partial charge in [0, 0.05) is 28.2 Å². The lowest BCUT2D eigenvalue weighted by Crippen LogP contribution is -2.14. The molecule has 0 amide bonds. The van der Waals surface area contributed by atoms with Crippen LogP contribution in [-0.4, -0.2) is 28.7 Å². The van der Waals surface area contributed by atoms with E-state index in [1.165, 1.54) is 4.57 Å². The van der Waals surface area contributed by atoms with Crippen LogP contribution in [-0.2, 0) is 11.2 Å². The molecule has 3 rings (SSSR count). The van der Waals surface area contributed by atoms with Gasteiger partial charge in [-0.25, -0.2) is 5.26 Å². The minimum absolute atomic E-state index is 0.170. The maximum Gasteiger partial charge on any atom is 0.307 e. The van der Waals surface area contributed by atoms with E-state index in [-0.39, 0.29) is 12.3 Å². The standard InChI is InChI=1S/C19H16ClNO4.CHN/c1-11-15(10-18(22)23)16-9-14(25-2)7-8-17(16)21(11)19(24)12-3-5-13(20)6-4-12;1-2/h3-9H,10H2,1-2H3,(H,22,23);1H. The third-order valence-corrected chi connectivity index (χ3v) is 4.42. The normalized spacial score (nSPS) is 10.1. The number of ether oxygens (including phenoxy) is 1. The fourth-order valence-corrected chi connectivity index (χ4v) is 3.07. The number of methoxy groups -OCH3 is 1. The van der Waals surface area contributed by atoms with Crippen molar-refractivity contribution >= 4 is 34.4 Å². The number of aliphatic carboxylic acids is 1. The molecular weight excluding hydrogens is 368 g/mol. The lowest BCUT2D eigenvalue weighted by Gasteiger charge is -2.08. The third-order valence-electron chi connectivity index (χ3n) is 4.16. The van der Waals surface area contributed by atoms with Crippen molar-refractivity contribution in [3.8, 4) is 12.3 Å². The molecule has 0 bridgehead atoms. The molecule has 6 nitrogen and oxygen atoms in total. The number of nitriles is 1. The number of carbonyl (C=O) groups is 2. The molecule has 0 radical (unpaired) electrons. The summed E-state index contributed by atoms with van der Waals surface area (Å²) in [6.07, 6.45) is -0.170. The molecule has 0 saturated carbocycles. The van der Waals surface area contributed by atoms with Gasteiger partial charge in [0.25, 0.3) is 5.91 Å². The molecule has 1 N–H and O–H groups in total. The number of aromatic nitrogens is 1. The van der Waals surface area contributed by atoms with E-state index in [9.17, 15) is 14.7 Å². The molecule has 1 aromatic heterocycles. The van der Waals surface area contributed by atoms with E-state index in [2.05, 4.69) is 6.57 Å². The number of carboxylic acid groups (broad SMARTS) is 1. The molecule has 0 aliphatic heterocycles. The Labute approximate surface area is 161 Å². The van der Waals surface area contributed by atoms with Crippen molar-refractivity contribution in [2.75, 3.05) is 7.11 Å². The minimum Gasteiger partial charge on any atom is -0.497 e. The Morgan fingerprint density at radius 1 is 1.19 bits per heavy atom. The molecule has 7 heteroatoms. The molecule has 0 atom stereocenters. The van der Waals surface area contributed by atoms with Crippen LogP contribution in [0.4, 0.5) is 0 Å². The van der Waals surface area contributed by atoms with Gasteiger partial charge >= 0.3 is 5.97 Å². The van der Waals surface area contributed by atoms with Crippen LogP contribution in [0.2, 0.25) is 5.02 Å². The first-order chi connectivity index (χ1) is 12.9. The molecule has 0 aliphatic rings. The summed E-state index contributed by atoms with van der Waals surface area (Å²) in [6.45, 7) is 5.25. The van der Waals surface area contributed by atoms with Gasteiger partial charge in [0.1, 0.15) is 5.75 Å². The van der Waals surface area contributed by atoms with Crippen molar-refractivity contribution in [3.05, 3.63) is 64.3 Å². The van der Waals surface area contributed by atoms with Crippen LogP contribution in [0.3, 0.4) is 0 Å². The van der Waals surface area contributed by atoms with Gasteiger partial charge in [-0.1, -0.05) is 11.6 Å². The van der Waals surface area contributed by atoms with Crippen LogP contribution < -0.4 is 4.74 Å². The Bertz CT molecular complexity index is 1020. The van der Waals surface area contributed by atoms with Gasteiger partial charge in [-0.3, -0.25) is 14.2 Å². The molecule has 0 saturated heterocycles. The Morgan fingerprint density at radius 2 is 1.81 bits per heavy atom. The average molecular weight is 385 g/mol. The molecular formula is C20H17ClN2O4. The summed E-state index contributed by atoms with van der Waals surface area (Å²) < 4.78 is 6.77. The van der Waals surface area contributed by atoms with Crippen molar-refractivity contribution < 1.29 is 19.4 Å². The Balaban J connectivity index is 0.00000126. The first-order valence-electron chi connectivity index (χ1n) is 7.88. The second-order valence-electron chi connectivity index (χ2n) is 5.67. The molecule has 2 aromatic carbocycles. The summed E-state index contributed by atoms with van der Waals surface area (Å²) in [5, 5.41) is 17.0. The van der Waals surface area contributed by atoms with E-state index in [0.29, 0.717) is 38.5 Å². The fraction of sp³-hybridized carbons (Fsp3) is 0.150. The summed E-state index contributed by atoms with van der Waals surface area (Å²) in [6, 6.07) is 11.9. The topological polar surface area (TPSA) is 92.3 Å². The summed E-state index contributed by atoms with van der Waals surface area (Å²) in [4.78, 5) is 24.3. The first-order valence-corrected chi connectivity index (χ1v) is 8.26. The van der Waals surface area contributed by atoms with Crippen LogP contribution in [0.25, 0.3) is 10.9 Å². The maximum atomic E-state index is 13.0. The van der Waals surface area contributed by atoms with Crippen LogP contribution in [0.5, 0.6) is 5.75 Å². The molecule has 1 heterocycles. The minimum atomic E-state index is -0.955. The lowest BCUT2D eigenvalue weighted by molar-refractivity contribution is -0.136. The Kier molecular flexibility index (Phi) is 6.22. The van der Waals surface area contributed by atoms with Gasteiger partial charge in [0.2, 0.25) is 0 Å². The van der Waals surface area contributed by atoms with Crippen molar-refractivity contribution in [1.29, 1.82) is 5.26 Å². The summed E-state index contributed by atoms with van der Waals surface area (Å²) in [5.74, 6) is -0.583. The molecule has 27 heavy (non-hydrogen) atoms. The number of hydrogen-bond acceptors (Lipinski definition) is 4.